The Balaban J connectivity index is 2.04. The first-order valence-corrected chi connectivity index (χ1v) is 6.02. The summed E-state index contributed by atoms with van der Waals surface area (Å²) >= 11 is 0. The Morgan fingerprint density at radius 3 is 2.53 bits per heavy atom. The maximum Gasteiger partial charge on any atom is 0.138 e. The summed E-state index contributed by atoms with van der Waals surface area (Å²) in [6.45, 7) is 0. The molecule has 0 atom stereocenters. The van der Waals surface area contributed by atoms with Crippen LogP contribution in [0.2, 0.25) is 0 Å². The van der Waals surface area contributed by atoms with Crippen molar-refractivity contribution in [2.24, 2.45) is 0 Å². The molecule has 0 aliphatic heterocycles. The number of benzene rings is 2. The number of aromatic nitrogens is 1. The number of hydrogen-bond acceptors (Lipinski definition) is 3. The van der Waals surface area contributed by atoms with E-state index in [2.05, 4.69) is 4.98 Å². The lowest BCUT2D eigenvalue weighted by atomic mass is 10.2. The predicted molar refractivity (Wildman–Crippen MR) is 74.8 cm³/mol. The van der Waals surface area contributed by atoms with Crippen molar-refractivity contribution in [3.05, 3.63) is 60.8 Å². The Labute approximate surface area is 111 Å². The third-order valence-corrected chi connectivity index (χ3v) is 2.88. The quantitative estimate of drug-likeness (QED) is 0.704. The lowest BCUT2D eigenvalue weighted by Gasteiger charge is -2.09. The van der Waals surface area contributed by atoms with E-state index >= 15 is 0 Å². The van der Waals surface area contributed by atoms with Crippen LogP contribution in [-0.2, 0) is 0 Å². The molecule has 0 unspecified atom stereocenters. The van der Waals surface area contributed by atoms with Crippen molar-refractivity contribution in [3.63, 3.8) is 0 Å². The van der Waals surface area contributed by atoms with E-state index in [1.165, 1.54) is 0 Å². The zero-order valence-electron chi connectivity index (χ0n) is 10.5. The summed E-state index contributed by atoms with van der Waals surface area (Å²) in [4.78, 5) is 4.33. The highest BCUT2D eigenvalue weighted by Crippen LogP contribution is 2.30. The third-order valence-electron chi connectivity index (χ3n) is 2.88. The average Bonchev–Trinajstić information content (AvgIpc) is 2.48. The van der Waals surface area contributed by atoms with Crippen LogP contribution in [0.15, 0.2) is 60.8 Å². The number of para-hydroxylation sites is 1. The molecule has 0 aliphatic rings. The summed E-state index contributed by atoms with van der Waals surface area (Å²) in [5, 5.41) is 0.965. The second kappa shape index (κ2) is 4.98. The van der Waals surface area contributed by atoms with E-state index in [0.717, 1.165) is 28.2 Å². The number of hydrogen-bond donors (Lipinski definition) is 0. The highest BCUT2D eigenvalue weighted by Gasteiger charge is 2.05. The van der Waals surface area contributed by atoms with Crippen molar-refractivity contribution >= 4 is 10.9 Å². The number of methoxy groups -OCH3 is 1. The average molecular weight is 251 g/mol. The van der Waals surface area contributed by atoms with Gasteiger partial charge in [-0.2, -0.15) is 0 Å². The third kappa shape index (κ3) is 2.36. The number of fused-ring (bicyclic) bond motifs is 1. The van der Waals surface area contributed by atoms with Crippen LogP contribution in [0.4, 0.5) is 0 Å². The molecular weight excluding hydrogens is 238 g/mol. The summed E-state index contributed by atoms with van der Waals surface area (Å²) in [5.74, 6) is 2.39. The molecule has 19 heavy (non-hydrogen) atoms. The van der Waals surface area contributed by atoms with Crippen LogP contribution in [0.3, 0.4) is 0 Å². The fourth-order valence-electron chi connectivity index (χ4n) is 1.93. The molecule has 3 nitrogen and oxygen atoms in total. The second-order valence-corrected chi connectivity index (χ2v) is 4.11. The van der Waals surface area contributed by atoms with E-state index < -0.39 is 0 Å². The van der Waals surface area contributed by atoms with Crippen LogP contribution < -0.4 is 9.47 Å². The van der Waals surface area contributed by atoms with Gasteiger partial charge in [0.2, 0.25) is 0 Å². The maximum absolute atomic E-state index is 5.88. The Morgan fingerprint density at radius 2 is 1.74 bits per heavy atom. The normalized spacial score (nSPS) is 10.4. The number of rotatable bonds is 3. The van der Waals surface area contributed by atoms with Crippen LogP contribution in [0.5, 0.6) is 17.2 Å². The summed E-state index contributed by atoms with van der Waals surface area (Å²) in [7, 11) is 1.64. The first kappa shape index (κ1) is 11.5. The fourth-order valence-corrected chi connectivity index (χ4v) is 1.93. The van der Waals surface area contributed by atoms with Gasteiger partial charge in [0.15, 0.2) is 0 Å². The molecule has 0 N–H and O–H groups in total. The molecule has 1 heterocycles. The van der Waals surface area contributed by atoms with Gasteiger partial charge in [0.1, 0.15) is 17.2 Å². The van der Waals surface area contributed by atoms with E-state index in [4.69, 9.17) is 9.47 Å². The van der Waals surface area contributed by atoms with Gasteiger partial charge < -0.3 is 9.47 Å². The van der Waals surface area contributed by atoms with Gasteiger partial charge in [-0.05, 0) is 30.3 Å². The standard InChI is InChI=1S/C16H13NO2/c1-18-13-7-8-14-15(11-13)17-10-9-16(14)19-12-5-3-2-4-6-12/h2-11H,1H3. The maximum atomic E-state index is 5.88. The molecule has 0 radical (unpaired) electrons. The number of nitrogens with zero attached hydrogens (tertiary/aromatic N) is 1. The molecular formula is C16H13NO2. The molecule has 0 spiro atoms. The molecule has 0 amide bonds. The van der Waals surface area contributed by atoms with E-state index in [1.807, 2.05) is 54.6 Å². The molecule has 0 saturated heterocycles. The lowest BCUT2D eigenvalue weighted by Crippen LogP contribution is -1.89. The van der Waals surface area contributed by atoms with Gasteiger partial charge in [-0.3, -0.25) is 4.98 Å². The molecule has 3 heteroatoms. The second-order valence-electron chi connectivity index (χ2n) is 4.11. The van der Waals surface area contributed by atoms with Crippen LogP contribution in [0.1, 0.15) is 0 Å². The molecule has 1 aromatic heterocycles. The van der Waals surface area contributed by atoms with Crippen LogP contribution in [-0.4, -0.2) is 12.1 Å². The van der Waals surface area contributed by atoms with E-state index in [-0.39, 0.29) is 0 Å². The lowest BCUT2D eigenvalue weighted by molar-refractivity contribution is 0.415. The zero-order valence-corrected chi connectivity index (χ0v) is 10.5. The minimum atomic E-state index is 0.789. The number of pyridine rings is 1. The van der Waals surface area contributed by atoms with Gasteiger partial charge >= 0.3 is 0 Å². The minimum absolute atomic E-state index is 0.789. The molecule has 0 aliphatic carbocycles. The van der Waals surface area contributed by atoms with Crippen molar-refractivity contribution in [2.45, 2.75) is 0 Å². The molecule has 0 saturated carbocycles. The van der Waals surface area contributed by atoms with Crippen LogP contribution >= 0.6 is 0 Å². The summed E-state index contributed by atoms with van der Waals surface area (Å²) < 4.78 is 11.1. The molecule has 3 rings (SSSR count). The smallest absolute Gasteiger partial charge is 0.138 e. The largest absolute Gasteiger partial charge is 0.497 e. The highest BCUT2D eigenvalue weighted by atomic mass is 16.5. The van der Waals surface area contributed by atoms with Gasteiger partial charge in [-0.25, -0.2) is 0 Å². The van der Waals surface area contributed by atoms with Gasteiger partial charge in [0.05, 0.1) is 12.6 Å². The highest BCUT2D eigenvalue weighted by molar-refractivity contribution is 5.86. The van der Waals surface area contributed by atoms with E-state index in [9.17, 15) is 0 Å². The van der Waals surface area contributed by atoms with Crippen LogP contribution in [0.25, 0.3) is 10.9 Å². The van der Waals surface area contributed by atoms with Gasteiger partial charge in [-0.15, -0.1) is 0 Å². The predicted octanol–water partition coefficient (Wildman–Crippen LogP) is 4.04. The van der Waals surface area contributed by atoms with Crippen molar-refractivity contribution in [2.75, 3.05) is 7.11 Å². The topological polar surface area (TPSA) is 31.4 Å². The summed E-state index contributed by atoms with van der Waals surface area (Å²) in [6, 6.07) is 17.3. The number of ether oxygens (including phenoxy) is 2. The fraction of sp³-hybridized carbons (Fsp3) is 0.0625. The molecule has 94 valence electrons. The Kier molecular flexibility index (Phi) is 3.02. The molecule has 2 aromatic carbocycles. The summed E-state index contributed by atoms with van der Waals surface area (Å²) in [6.07, 6.45) is 1.74. The van der Waals surface area contributed by atoms with Gasteiger partial charge in [0, 0.05) is 17.6 Å². The van der Waals surface area contributed by atoms with Crippen molar-refractivity contribution in [1.82, 2.24) is 4.98 Å². The van der Waals surface area contributed by atoms with E-state index in [0.29, 0.717) is 0 Å². The zero-order chi connectivity index (χ0) is 13.1. The van der Waals surface area contributed by atoms with Crippen molar-refractivity contribution in [3.8, 4) is 17.2 Å². The monoisotopic (exact) mass is 251 g/mol. The minimum Gasteiger partial charge on any atom is -0.497 e. The van der Waals surface area contributed by atoms with Crippen LogP contribution in [0, 0.1) is 0 Å². The first-order valence-electron chi connectivity index (χ1n) is 6.02. The first-order chi connectivity index (χ1) is 9.36. The van der Waals surface area contributed by atoms with Gasteiger partial charge in [-0.1, -0.05) is 18.2 Å². The Bertz CT molecular complexity index is 695. The Hall–Kier alpha value is -2.55. The Morgan fingerprint density at radius 1 is 0.895 bits per heavy atom. The molecule has 0 bridgehead atoms. The summed E-state index contributed by atoms with van der Waals surface area (Å²) in [5.41, 5.74) is 0.854. The SMILES string of the molecule is COc1ccc2c(Oc3ccccc3)ccnc2c1. The van der Waals surface area contributed by atoms with E-state index in [1.54, 1.807) is 13.3 Å². The molecule has 3 aromatic rings. The molecule has 0 fully saturated rings. The van der Waals surface area contributed by atoms with Crippen molar-refractivity contribution in [1.29, 1.82) is 0 Å². The van der Waals surface area contributed by atoms with Crippen molar-refractivity contribution < 1.29 is 9.47 Å². The van der Waals surface area contributed by atoms with Gasteiger partial charge in [0.25, 0.3) is 0 Å².